The van der Waals surface area contributed by atoms with Crippen molar-refractivity contribution in [3.63, 3.8) is 0 Å². The Bertz CT molecular complexity index is 1530. The second kappa shape index (κ2) is 12.7. The number of nitrogens with zero attached hydrogens (tertiary/aromatic N) is 2. The minimum absolute atomic E-state index is 0.00278. The van der Waals surface area contributed by atoms with E-state index in [0.717, 1.165) is 11.3 Å². The van der Waals surface area contributed by atoms with Crippen LogP contribution in [0.25, 0.3) is 5.76 Å². The van der Waals surface area contributed by atoms with Gasteiger partial charge in [0.25, 0.3) is 5.78 Å². The van der Waals surface area contributed by atoms with Gasteiger partial charge in [-0.05, 0) is 50.6 Å². The molecule has 1 saturated heterocycles. The molecule has 1 unspecified atom stereocenters. The minimum Gasteiger partial charge on any atom is -0.507 e. The highest BCUT2D eigenvalue weighted by Gasteiger charge is 2.48. The summed E-state index contributed by atoms with van der Waals surface area (Å²) in [5.74, 6) is -1.51. The van der Waals surface area contributed by atoms with Gasteiger partial charge in [0.15, 0.2) is 16.6 Å². The summed E-state index contributed by atoms with van der Waals surface area (Å²) in [4.78, 5) is 45.6. The second-order valence-electron chi connectivity index (χ2n) is 8.77. The van der Waals surface area contributed by atoms with E-state index in [4.69, 9.17) is 18.9 Å². The fourth-order valence-corrected chi connectivity index (χ4v) is 5.39. The van der Waals surface area contributed by atoms with Gasteiger partial charge in [-0.25, -0.2) is 9.78 Å². The largest absolute Gasteiger partial charge is 0.507 e. The van der Waals surface area contributed by atoms with E-state index in [-0.39, 0.29) is 27.9 Å². The predicted octanol–water partition coefficient (Wildman–Crippen LogP) is 5.23. The number of carbonyl (C=O) groups is 3. The number of esters is 1. The average Bonchev–Trinajstić information content (AvgIpc) is 3.48. The van der Waals surface area contributed by atoms with Crippen molar-refractivity contribution in [3.05, 3.63) is 82.4 Å². The Balaban J connectivity index is 1.92. The maximum absolute atomic E-state index is 13.6. The molecule has 1 aromatic heterocycles. The van der Waals surface area contributed by atoms with Gasteiger partial charge >= 0.3 is 11.9 Å². The van der Waals surface area contributed by atoms with E-state index in [9.17, 15) is 19.5 Å². The Morgan fingerprint density at radius 1 is 1.12 bits per heavy atom. The molecule has 0 saturated carbocycles. The van der Waals surface area contributed by atoms with Crippen LogP contribution in [0.5, 0.6) is 17.2 Å². The van der Waals surface area contributed by atoms with Gasteiger partial charge in [-0.1, -0.05) is 42.2 Å². The van der Waals surface area contributed by atoms with Crippen LogP contribution < -0.4 is 19.1 Å². The first-order valence-electron chi connectivity index (χ1n) is 12.9. The average molecular weight is 579 g/mol. The van der Waals surface area contributed by atoms with E-state index in [2.05, 4.69) is 11.6 Å². The van der Waals surface area contributed by atoms with E-state index in [1.807, 2.05) is 13.8 Å². The number of rotatable bonds is 11. The molecule has 1 fully saturated rings. The van der Waals surface area contributed by atoms with Crippen LogP contribution in [0.4, 0.5) is 5.13 Å². The smallest absolute Gasteiger partial charge is 0.350 e. The summed E-state index contributed by atoms with van der Waals surface area (Å²) in [6.45, 7) is 9.61. The van der Waals surface area contributed by atoms with Gasteiger partial charge in [0, 0.05) is 5.56 Å². The lowest BCUT2D eigenvalue weighted by molar-refractivity contribution is -0.132. The van der Waals surface area contributed by atoms with E-state index in [0.29, 0.717) is 47.3 Å². The zero-order valence-electron chi connectivity index (χ0n) is 23.1. The number of carbonyl (C=O) groups excluding carboxylic acids is 3. The number of hydrogen-bond donors (Lipinski definition) is 1. The van der Waals surface area contributed by atoms with Crippen molar-refractivity contribution in [1.82, 2.24) is 4.98 Å². The van der Waals surface area contributed by atoms with Crippen LogP contribution in [0.3, 0.4) is 0 Å². The molecule has 1 aliphatic heterocycles. The molecule has 214 valence electrons. The van der Waals surface area contributed by atoms with Crippen molar-refractivity contribution in [2.24, 2.45) is 0 Å². The maximum Gasteiger partial charge on any atom is 0.350 e. The zero-order valence-corrected chi connectivity index (χ0v) is 23.9. The molecular formula is C30H30N2O8S. The van der Waals surface area contributed by atoms with E-state index in [1.165, 1.54) is 18.1 Å². The lowest BCUT2D eigenvalue weighted by Crippen LogP contribution is -2.29. The van der Waals surface area contributed by atoms with Gasteiger partial charge in [0.05, 0.1) is 37.6 Å². The molecular weight excluding hydrogens is 548 g/mol. The quantitative estimate of drug-likeness (QED) is 0.107. The van der Waals surface area contributed by atoms with Gasteiger partial charge in [0.2, 0.25) is 0 Å². The van der Waals surface area contributed by atoms with Crippen LogP contribution in [0.2, 0.25) is 0 Å². The normalized spacial score (nSPS) is 16.0. The number of aliphatic hydroxyl groups is 1. The monoisotopic (exact) mass is 578 g/mol. The first-order chi connectivity index (χ1) is 19.7. The highest BCUT2D eigenvalue weighted by molar-refractivity contribution is 7.17. The molecule has 2 aromatic carbocycles. The summed E-state index contributed by atoms with van der Waals surface area (Å²) >= 11 is 0.912. The number of ether oxygens (including phenoxy) is 4. The van der Waals surface area contributed by atoms with Crippen LogP contribution in [-0.4, -0.2) is 54.7 Å². The lowest BCUT2D eigenvalue weighted by atomic mass is 9.95. The molecule has 1 atom stereocenters. The highest BCUT2D eigenvalue weighted by Crippen LogP contribution is 2.45. The van der Waals surface area contributed by atoms with Crippen LogP contribution in [0.15, 0.2) is 60.7 Å². The Labute approximate surface area is 241 Å². The number of ketones is 1. The van der Waals surface area contributed by atoms with Crippen LogP contribution in [0, 0.1) is 6.92 Å². The molecule has 1 amide bonds. The number of aliphatic hydroxyl groups excluding tert-OH is 1. The van der Waals surface area contributed by atoms with Crippen molar-refractivity contribution < 1.29 is 38.4 Å². The summed E-state index contributed by atoms with van der Waals surface area (Å²) in [5.41, 5.74) is 0.920. The highest BCUT2D eigenvalue weighted by atomic mass is 32.1. The van der Waals surface area contributed by atoms with Gasteiger partial charge < -0.3 is 24.1 Å². The number of aryl methyl sites for hydroxylation is 1. The standard InChI is InChI=1S/C30H30N2O8S/c1-6-14-40-29(36)27-17(4)31-30(41-27)32-24(18-12-13-21(39-8-3)22(16-18)37-5)23(26(34)28(32)35)25(33)19-10-9-11-20(15-19)38-7-2/h6,9-13,15-16,24,33H,1,7-8,14H2,2-5H3/b25-23+. The third-order valence-electron chi connectivity index (χ3n) is 6.18. The summed E-state index contributed by atoms with van der Waals surface area (Å²) in [7, 11) is 1.48. The summed E-state index contributed by atoms with van der Waals surface area (Å²) in [6.07, 6.45) is 1.44. The van der Waals surface area contributed by atoms with E-state index >= 15 is 0 Å². The van der Waals surface area contributed by atoms with Crippen molar-refractivity contribution in [2.75, 3.05) is 31.8 Å². The third-order valence-corrected chi connectivity index (χ3v) is 7.31. The van der Waals surface area contributed by atoms with E-state index < -0.39 is 23.7 Å². The fraction of sp³-hybridized carbons (Fsp3) is 0.267. The topological polar surface area (TPSA) is 124 Å². The minimum atomic E-state index is -1.10. The molecule has 1 N–H and O–H groups in total. The van der Waals surface area contributed by atoms with Gasteiger partial charge in [0.1, 0.15) is 23.0 Å². The zero-order chi connectivity index (χ0) is 29.7. The molecule has 41 heavy (non-hydrogen) atoms. The molecule has 10 nitrogen and oxygen atoms in total. The number of anilines is 1. The van der Waals surface area contributed by atoms with Crippen LogP contribution >= 0.6 is 11.3 Å². The van der Waals surface area contributed by atoms with Crippen molar-refractivity contribution >= 4 is 39.9 Å². The number of Topliss-reactive ketones (excluding diaryl/α,β-unsaturated/α-hetero) is 1. The summed E-state index contributed by atoms with van der Waals surface area (Å²) < 4.78 is 21.9. The number of hydrogen-bond acceptors (Lipinski definition) is 10. The maximum atomic E-state index is 13.6. The predicted molar refractivity (Wildman–Crippen MR) is 154 cm³/mol. The van der Waals surface area contributed by atoms with Gasteiger partial charge in [-0.3, -0.25) is 14.5 Å². The van der Waals surface area contributed by atoms with Crippen molar-refractivity contribution in [2.45, 2.75) is 26.8 Å². The number of amides is 1. The van der Waals surface area contributed by atoms with E-state index in [1.54, 1.807) is 49.4 Å². The number of aromatic nitrogens is 1. The molecule has 0 bridgehead atoms. The molecule has 0 aliphatic carbocycles. The fourth-order valence-electron chi connectivity index (χ4n) is 4.40. The van der Waals surface area contributed by atoms with Crippen molar-refractivity contribution in [1.29, 1.82) is 0 Å². The molecule has 0 spiro atoms. The second-order valence-corrected chi connectivity index (χ2v) is 9.75. The Kier molecular flexibility index (Phi) is 9.08. The molecule has 0 radical (unpaired) electrons. The van der Waals surface area contributed by atoms with Crippen LogP contribution in [-0.2, 0) is 14.3 Å². The van der Waals surface area contributed by atoms with Gasteiger partial charge in [-0.2, -0.15) is 0 Å². The summed E-state index contributed by atoms with van der Waals surface area (Å²) in [5, 5.41) is 11.6. The number of thiazole rings is 1. The van der Waals surface area contributed by atoms with Crippen molar-refractivity contribution in [3.8, 4) is 17.2 Å². The molecule has 1 aliphatic rings. The lowest BCUT2D eigenvalue weighted by Gasteiger charge is -2.24. The molecule has 2 heterocycles. The Morgan fingerprint density at radius 2 is 1.88 bits per heavy atom. The third kappa shape index (κ3) is 5.80. The van der Waals surface area contributed by atoms with Crippen LogP contribution in [0.1, 0.15) is 46.4 Å². The van der Waals surface area contributed by atoms with Gasteiger partial charge in [-0.15, -0.1) is 0 Å². The number of methoxy groups -OCH3 is 1. The molecule has 3 aromatic rings. The SMILES string of the molecule is C=CCOC(=O)c1sc(N2C(=O)C(=O)/C(=C(/O)c3cccc(OCC)c3)C2c2ccc(OCC)c(OC)c2)nc1C. The Morgan fingerprint density at radius 3 is 2.56 bits per heavy atom. The first-order valence-corrected chi connectivity index (χ1v) is 13.7. The molecule has 4 rings (SSSR count). The summed E-state index contributed by atoms with van der Waals surface area (Å²) in [6, 6.07) is 10.5. The number of benzene rings is 2. The Hall–Kier alpha value is -4.64. The first kappa shape index (κ1) is 29.3. The molecule has 11 heteroatoms.